The van der Waals surface area contributed by atoms with Gasteiger partial charge in [0.1, 0.15) is 17.1 Å². The standard InChI is InChI=1S/C25H22N4O3/c1-16-5-2-3-8-21(16)25(31)26-18-6-4-7-19(13-18)32-20-11-12-23-27-22(15-29(23)14-20)28-24(30)17-9-10-17/h2-8,11-15,17H,9-10H2,1H3,(H,26,31)(H,28,30). The van der Waals surface area contributed by atoms with Gasteiger partial charge in [-0.25, -0.2) is 4.98 Å². The van der Waals surface area contributed by atoms with E-state index in [2.05, 4.69) is 15.6 Å². The van der Waals surface area contributed by atoms with Crippen LogP contribution in [0.3, 0.4) is 0 Å². The number of hydrogen-bond donors (Lipinski definition) is 2. The minimum Gasteiger partial charge on any atom is -0.456 e. The van der Waals surface area contributed by atoms with Crippen LogP contribution in [0.5, 0.6) is 11.5 Å². The number of amides is 2. The summed E-state index contributed by atoms with van der Waals surface area (Å²) in [5, 5.41) is 5.77. The summed E-state index contributed by atoms with van der Waals surface area (Å²) in [5.41, 5.74) is 2.90. The van der Waals surface area contributed by atoms with Crippen molar-refractivity contribution in [2.75, 3.05) is 10.6 Å². The Morgan fingerprint density at radius 1 is 0.969 bits per heavy atom. The first-order valence-electron chi connectivity index (χ1n) is 10.5. The highest BCUT2D eigenvalue weighted by Gasteiger charge is 2.30. The number of ether oxygens (including phenoxy) is 1. The van der Waals surface area contributed by atoms with E-state index in [0.29, 0.717) is 34.2 Å². The van der Waals surface area contributed by atoms with Gasteiger partial charge < -0.3 is 19.8 Å². The van der Waals surface area contributed by atoms with Gasteiger partial charge in [0.15, 0.2) is 5.82 Å². The molecule has 0 aliphatic heterocycles. The minimum absolute atomic E-state index is 0.0226. The Morgan fingerprint density at radius 2 is 1.81 bits per heavy atom. The smallest absolute Gasteiger partial charge is 0.255 e. The third-order valence-corrected chi connectivity index (χ3v) is 5.34. The lowest BCUT2D eigenvalue weighted by molar-refractivity contribution is -0.117. The normalized spacial score (nSPS) is 13.0. The zero-order valence-corrected chi connectivity index (χ0v) is 17.5. The van der Waals surface area contributed by atoms with Gasteiger partial charge in [0.2, 0.25) is 5.91 Å². The van der Waals surface area contributed by atoms with Crippen molar-refractivity contribution >= 4 is 29.0 Å². The molecule has 32 heavy (non-hydrogen) atoms. The molecule has 4 aromatic rings. The molecule has 2 aromatic heterocycles. The number of carbonyl (C=O) groups is 2. The Hall–Kier alpha value is -4.13. The molecule has 7 nitrogen and oxygen atoms in total. The zero-order chi connectivity index (χ0) is 22.1. The molecular formula is C25H22N4O3. The van der Waals surface area contributed by atoms with Crippen LogP contribution in [0.2, 0.25) is 0 Å². The van der Waals surface area contributed by atoms with Crippen molar-refractivity contribution in [3.05, 3.63) is 84.2 Å². The first kappa shape index (κ1) is 19.8. The number of nitrogens with one attached hydrogen (secondary N) is 2. The molecule has 5 rings (SSSR count). The van der Waals surface area contributed by atoms with Crippen LogP contribution >= 0.6 is 0 Å². The van der Waals surface area contributed by atoms with Crippen molar-refractivity contribution in [2.24, 2.45) is 5.92 Å². The summed E-state index contributed by atoms with van der Waals surface area (Å²) in [4.78, 5) is 29.0. The topological polar surface area (TPSA) is 84.7 Å². The second-order valence-corrected chi connectivity index (χ2v) is 7.92. The third-order valence-electron chi connectivity index (χ3n) is 5.34. The van der Waals surface area contributed by atoms with E-state index >= 15 is 0 Å². The fraction of sp³-hybridized carbons (Fsp3) is 0.160. The monoisotopic (exact) mass is 426 g/mol. The maximum Gasteiger partial charge on any atom is 0.255 e. The highest BCUT2D eigenvalue weighted by Crippen LogP contribution is 2.30. The molecule has 0 unspecified atom stereocenters. The molecule has 0 saturated heterocycles. The van der Waals surface area contributed by atoms with Gasteiger partial charge in [-0.05, 0) is 55.7 Å². The molecule has 1 aliphatic rings. The zero-order valence-electron chi connectivity index (χ0n) is 17.5. The van der Waals surface area contributed by atoms with E-state index < -0.39 is 0 Å². The Morgan fingerprint density at radius 3 is 2.62 bits per heavy atom. The second-order valence-electron chi connectivity index (χ2n) is 7.92. The van der Waals surface area contributed by atoms with Crippen LogP contribution in [0.1, 0.15) is 28.8 Å². The number of anilines is 2. The highest BCUT2D eigenvalue weighted by atomic mass is 16.5. The highest BCUT2D eigenvalue weighted by molar-refractivity contribution is 6.05. The number of carbonyl (C=O) groups excluding carboxylic acids is 2. The van der Waals surface area contributed by atoms with E-state index in [-0.39, 0.29) is 17.7 Å². The number of benzene rings is 2. The summed E-state index contributed by atoms with van der Waals surface area (Å²) in [7, 11) is 0. The SMILES string of the molecule is Cc1ccccc1C(=O)Nc1cccc(Oc2ccc3nc(NC(=O)C4CC4)cn3c2)c1. The van der Waals surface area contributed by atoms with Crippen LogP contribution in [-0.2, 0) is 4.79 Å². The number of nitrogens with zero attached hydrogens (tertiary/aromatic N) is 2. The van der Waals surface area contributed by atoms with Gasteiger partial charge in [0.25, 0.3) is 5.91 Å². The molecule has 1 saturated carbocycles. The number of aromatic nitrogens is 2. The van der Waals surface area contributed by atoms with Gasteiger partial charge in [-0.15, -0.1) is 0 Å². The lowest BCUT2D eigenvalue weighted by atomic mass is 10.1. The van der Waals surface area contributed by atoms with E-state index in [1.54, 1.807) is 24.5 Å². The largest absolute Gasteiger partial charge is 0.456 e. The van der Waals surface area contributed by atoms with Crippen molar-refractivity contribution < 1.29 is 14.3 Å². The van der Waals surface area contributed by atoms with Crippen molar-refractivity contribution in [1.29, 1.82) is 0 Å². The predicted molar refractivity (Wildman–Crippen MR) is 122 cm³/mol. The molecule has 1 fully saturated rings. The fourth-order valence-corrected chi connectivity index (χ4v) is 3.47. The molecule has 1 aliphatic carbocycles. The molecule has 2 aromatic carbocycles. The maximum atomic E-state index is 12.6. The molecule has 0 bridgehead atoms. The van der Waals surface area contributed by atoms with Crippen LogP contribution in [0.25, 0.3) is 5.65 Å². The lowest BCUT2D eigenvalue weighted by Crippen LogP contribution is -2.13. The van der Waals surface area contributed by atoms with Gasteiger partial charge in [0, 0.05) is 23.2 Å². The summed E-state index contributed by atoms with van der Waals surface area (Å²) in [6.45, 7) is 1.91. The lowest BCUT2D eigenvalue weighted by Gasteiger charge is -2.10. The maximum absolute atomic E-state index is 12.6. The quantitative estimate of drug-likeness (QED) is 0.453. The summed E-state index contributed by atoms with van der Waals surface area (Å²) >= 11 is 0. The molecule has 2 amide bonds. The van der Waals surface area contributed by atoms with Gasteiger partial charge >= 0.3 is 0 Å². The summed E-state index contributed by atoms with van der Waals surface area (Å²) in [6.07, 6.45) is 5.46. The number of pyridine rings is 1. The van der Waals surface area contributed by atoms with Crippen molar-refractivity contribution in [1.82, 2.24) is 9.38 Å². The number of imidazole rings is 1. The van der Waals surface area contributed by atoms with Crippen LogP contribution in [-0.4, -0.2) is 21.2 Å². The first-order valence-corrected chi connectivity index (χ1v) is 10.5. The molecule has 7 heteroatoms. The van der Waals surface area contributed by atoms with Gasteiger partial charge in [-0.1, -0.05) is 24.3 Å². The average Bonchev–Trinajstić information content (AvgIpc) is 3.55. The molecule has 0 atom stereocenters. The van der Waals surface area contributed by atoms with Crippen LogP contribution in [0, 0.1) is 12.8 Å². The molecule has 2 N–H and O–H groups in total. The van der Waals surface area contributed by atoms with E-state index in [4.69, 9.17) is 4.74 Å². The van der Waals surface area contributed by atoms with Crippen LogP contribution in [0.4, 0.5) is 11.5 Å². The Bertz CT molecular complexity index is 1320. The van der Waals surface area contributed by atoms with Gasteiger partial charge in [-0.3, -0.25) is 9.59 Å². The second kappa shape index (κ2) is 8.19. The van der Waals surface area contributed by atoms with Gasteiger partial charge in [-0.2, -0.15) is 0 Å². The summed E-state index contributed by atoms with van der Waals surface area (Å²) in [5.74, 6) is 1.71. The van der Waals surface area contributed by atoms with E-state index in [1.165, 1.54) is 0 Å². The molecular weight excluding hydrogens is 404 g/mol. The first-order chi connectivity index (χ1) is 15.5. The molecule has 2 heterocycles. The number of fused-ring (bicyclic) bond motifs is 1. The van der Waals surface area contributed by atoms with Crippen molar-refractivity contribution in [2.45, 2.75) is 19.8 Å². The Kier molecular flexibility index (Phi) is 5.07. The van der Waals surface area contributed by atoms with Crippen LogP contribution < -0.4 is 15.4 Å². The van der Waals surface area contributed by atoms with E-state index in [0.717, 1.165) is 18.4 Å². The summed E-state index contributed by atoms with van der Waals surface area (Å²) in [6, 6.07) is 18.3. The van der Waals surface area contributed by atoms with Crippen molar-refractivity contribution in [3.8, 4) is 11.5 Å². The minimum atomic E-state index is -0.166. The summed E-state index contributed by atoms with van der Waals surface area (Å²) < 4.78 is 7.80. The van der Waals surface area contributed by atoms with E-state index in [1.807, 2.05) is 59.9 Å². The van der Waals surface area contributed by atoms with Crippen molar-refractivity contribution in [3.63, 3.8) is 0 Å². The fourth-order valence-electron chi connectivity index (χ4n) is 3.47. The predicted octanol–water partition coefficient (Wildman–Crippen LogP) is 5.04. The molecule has 0 spiro atoms. The number of hydrogen-bond acceptors (Lipinski definition) is 4. The number of aryl methyl sites for hydroxylation is 1. The molecule has 160 valence electrons. The van der Waals surface area contributed by atoms with Crippen LogP contribution in [0.15, 0.2) is 73.1 Å². The van der Waals surface area contributed by atoms with Gasteiger partial charge in [0.05, 0.1) is 12.4 Å². The third kappa shape index (κ3) is 4.32. The Labute approximate surface area is 185 Å². The van der Waals surface area contributed by atoms with E-state index in [9.17, 15) is 9.59 Å². The number of rotatable bonds is 6. The molecule has 0 radical (unpaired) electrons. The Balaban J connectivity index is 1.30. The average molecular weight is 426 g/mol.